The van der Waals surface area contributed by atoms with Crippen LogP contribution in [0.1, 0.15) is 47.5 Å². The van der Waals surface area contributed by atoms with E-state index in [2.05, 4.69) is 24.1 Å². The van der Waals surface area contributed by atoms with Crippen molar-refractivity contribution in [1.29, 1.82) is 0 Å². The molecule has 3 nitrogen and oxygen atoms in total. The van der Waals surface area contributed by atoms with Gasteiger partial charge in [0.15, 0.2) is 0 Å². The van der Waals surface area contributed by atoms with Crippen LogP contribution in [-0.2, 0) is 4.79 Å². The van der Waals surface area contributed by atoms with Crippen LogP contribution in [0.5, 0.6) is 0 Å². The maximum atomic E-state index is 12.4. The second-order valence-electron chi connectivity index (χ2n) is 5.51. The predicted molar refractivity (Wildman–Crippen MR) is 67.3 cm³/mol. The lowest BCUT2D eigenvalue weighted by Gasteiger charge is -2.42. The highest BCUT2D eigenvalue weighted by Gasteiger charge is 2.36. The van der Waals surface area contributed by atoms with Crippen LogP contribution in [0.2, 0.25) is 0 Å². The Morgan fingerprint density at radius 1 is 1.44 bits per heavy atom. The van der Waals surface area contributed by atoms with Crippen LogP contribution in [0.4, 0.5) is 0 Å². The first kappa shape index (κ1) is 13.5. The molecular weight excluding hydrogens is 200 g/mol. The zero-order chi connectivity index (χ0) is 12.3. The molecule has 0 aromatic heterocycles. The zero-order valence-electron chi connectivity index (χ0n) is 11.3. The molecule has 2 unspecified atom stereocenters. The Balaban J connectivity index is 2.72. The lowest BCUT2D eigenvalue weighted by molar-refractivity contribution is -0.141. The molecule has 0 aliphatic carbocycles. The maximum absolute atomic E-state index is 12.4. The highest BCUT2D eigenvalue weighted by molar-refractivity contribution is 5.85. The molecule has 1 N–H and O–H groups in total. The summed E-state index contributed by atoms with van der Waals surface area (Å²) < 4.78 is 0. The van der Waals surface area contributed by atoms with Gasteiger partial charge in [-0.25, -0.2) is 0 Å². The largest absolute Gasteiger partial charge is 0.338 e. The van der Waals surface area contributed by atoms with Crippen molar-refractivity contribution in [2.75, 3.05) is 13.1 Å². The molecule has 94 valence electrons. The molecular formula is C13H26N2O. The quantitative estimate of drug-likeness (QED) is 0.798. The SMILES string of the molecule is CCNC(C)(C)C(=O)N1CCCC(C)C1C. The van der Waals surface area contributed by atoms with Crippen molar-refractivity contribution >= 4 is 5.91 Å². The molecule has 0 saturated carbocycles. The lowest BCUT2D eigenvalue weighted by Crippen LogP contribution is -2.58. The molecule has 1 amide bonds. The fourth-order valence-electron chi connectivity index (χ4n) is 2.50. The Morgan fingerprint density at radius 3 is 2.62 bits per heavy atom. The van der Waals surface area contributed by atoms with E-state index in [1.165, 1.54) is 6.42 Å². The van der Waals surface area contributed by atoms with Crippen LogP contribution in [0.3, 0.4) is 0 Å². The minimum absolute atomic E-state index is 0.244. The Hall–Kier alpha value is -0.570. The van der Waals surface area contributed by atoms with Gasteiger partial charge in [-0.15, -0.1) is 0 Å². The van der Waals surface area contributed by atoms with Crippen LogP contribution in [-0.4, -0.2) is 35.5 Å². The minimum atomic E-state index is -0.430. The number of nitrogens with zero attached hydrogens (tertiary/aromatic N) is 1. The highest BCUT2D eigenvalue weighted by Crippen LogP contribution is 2.25. The minimum Gasteiger partial charge on any atom is -0.338 e. The Kier molecular flexibility index (Phi) is 4.36. The molecule has 1 heterocycles. The number of likely N-dealkylation sites (N-methyl/N-ethyl adjacent to an activating group) is 1. The number of hydrogen-bond donors (Lipinski definition) is 1. The second-order valence-corrected chi connectivity index (χ2v) is 5.51. The first-order chi connectivity index (χ1) is 7.40. The van der Waals surface area contributed by atoms with Crippen molar-refractivity contribution in [3.8, 4) is 0 Å². The number of hydrogen-bond acceptors (Lipinski definition) is 2. The molecule has 1 aliphatic heterocycles. The third-order valence-corrected chi connectivity index (χ3v) is 3.79. The van der Waals surface area contributed by atoms with Crippen LogP contribution in [0, 0.1) is 5.92 Å². The Bertz CT molecular complexity index is 250. The van der Waals surface area contributed by atoms with E-state index in [-0.39, 0.29) is 5.91 Å². The average Bonchev–Trinajstić information content (AvgIpc) is 2.21. The van der Waals surface area contributed by atoms with E-state index < -0.39 is 5.54 Å². The monoisotopic (exact) mass is 226 g/mol. The molecule has 2 atom stereocenters. The van der Waals surface area contributed by atoms with Gasteiger partial charge >= 0.3 is 0 Å². The molecule has 0 aromatic carbocycles. The van der Waals surface area contributed by atoms with E-state index in [1.807, 2.05) is 20.8 Å². The molecule has 1 rings (SSSR count). The first-order valence-electron chi connectivity index (χ1n) is 6.46. The maximum Gasteiger partial charge on any atom is 0.242 e. The summed E-state index contributed by atoms with van der Waals surface area (Å²) in [4.78, 5) is 14.5. The van der Waals surface area contributed by atoms with Gasteiger partial charge in [-0.05, 0) is 46.1 Å². The molecule has 1 fully saturated rings. The van der Waals surface area contributed by atoms with E-state index in [4.69, 9.17) is 0 Å². The van der Waals surface area contributed by atoms with Gasteiger partial charge in [0.25, 0.3) is 0 Å². The number of carbonyl (C=O) groups is 1. The van der Waals surface area contributed by atoms with E-state index in [0.717, 1.165) is 19.5 Å². The number of carbonyl (C=O) groups excluding carboxylic acids is 1. The Morgan fingerprint density at radius 2 is 2.06 bits per heavy atom. The summed E-state index contributed by atoms with van der Waals surface area (Å²) in [6, 6.07) is 0.374. The fraction of sp³-hybridized carbons (Fsp3) is 0.923. The summed E-state index contributed by atoms with van der Waals surface area (Å²) in [5, 5.41) is 3.26. The predicted octanol–water partition coefficient (Wildman–Crippen LogP) is 2.02. The van der Waals surface area contributed by atoms with Gasteiger partial charge in [0.1, 0.15) is 0 Å². The summed E-state index contributed by atoms with van der Waals surface area (Å²) in [7, 11) is 0. The Labute approximate surface area is 99.6 Å². The van der Waals surface area contributed by atoms with Crippen LogP contribution >= 0.6 is 0 Å². The number of piperidine rings is 1. The van der Waals surface area contributed by atoms with Crippen molar-refractivity contribution in [3.63, 3.8) is 0 Å². The smallest absolute Gasteiger partial charge is 0.242 e. The van der Waals surface area contributed by atoms with Crippen molar-refractivity contribution in [2.45, 2.75) is 59.0 Å². The normalized spacial score (nSPS) is 26.9. The summed E-state index contributed by atoms with van der Waals surface area (Å²) in [6.07, 6.45) is 2.38. The number of nitrogens with one attached hydrogen (secondary N) is 1. The van der Waals surface area contributed by atoms with Gasteiger partial charge in [0.2, 0.25) is 5.91 Å². The van der Waals surface area contributed by atoms with E-state index in [0.29, 0.717) is 12.0 Å². The van der Waals surface area contributed by atoms with Crippen molar-refractivity contribution in [3.05, 3.63) is 0 Å². The van der Waals surface area contributed by atoms with Crippen LogP contribution in [0.25, 0.3) is 0 Å². The topological polar surface area (TPSA) is 32.3 Å². The lowest BCUT2D eigenvalue weighted by atomic mass is 9.90. The molecule has 1 aliphatic rings. The third-order valence-electron chi connectivity index (χ3n) is 3.79. The molecule has 3 heteroatoms. The van der Waals surface area contributed by atoms with Crippen molar-refractivity contribution in [1.82, 2.24) is 10.2 Å². The molecule has 0 spiro atoms. The van der Waals surface area contributed by atoms with Gasteiger partial charge in [-0.2, -0.15) is 0 Å². The number of amides is 1. The molecule has 0 aromatic rings. The number of likely N-dealkylation sites (tertiary alicyclic amines) is 1. The highest BCUT2D eigenvalue weighted by atomic mass is 16.2. The zero-order valence-corrected chi connectivity index (χ0v) is 11.3. The van der Waals surface area contributed by atoms with Crippen LogP contribution < -0.4 is 5.32 Å². The fourth-order valence-corrected chi connectivity index (χ4v) is 2.50. The second kappa shape index (κ2) is 5.17. The molecule has 0 radical (unpaired) electrons. The van der Waals surface area contributed by atoms with Crippen molar-refractivity contribution in [2.24, 2.45) is 5.92 Å². The first-order valence-corrected chi connectivity index (χ1v) is 6.46. The van der Waals surface area contributed by atoms with E-state index in [1.54, 1.807) is 0 Å². The molecule has 1 saturated heterocycles. The van der Waals surface area contributed by atoms with Gasteiger partial charge in [0.05, 0.1) is 5.54 Å². The van der Waals surface area contributed by atoms with Gasteiger partial charge in [0, 0.05) is 12.6 Å². The average molecular weight is 226 g/mol. The summed E-state index contributed by atoms with van der Waals surface area (Å²) in [5.74, 6) is 0.864. The van der Waals surface area contributed by atoms with Crippen LogP contribution in [0.15, 0.2) is 0 Å². The standard InChI is InChI=1S/C13H26N2O/c1-6-14-13(4,5)12(16)15-9-7-8-10(2)11(15)3/h10-11,14H,6-9H2,1-5H3. The number of rotatable bonds is 3. The van der Waals surface area contributed by atoms with E-state index in [9.17, 15) is 4.79 Å². The molecule has 16 heavy (non-hydrogen) atoms. The summed E-state index contributed by atoms with van der Waals surface area (Å²) in [5.41, 5.74) is -0.430. The van der Waals surface area contributed by atoms with Crippen molar-refractivity contribution < 1.29 is 4.79 Å². The summed E-state index contributed by atoms with van der Waals surface area (Å²) >= 11 is 0. The van der Waals surface area contributed by atoms with Gasteiger partial charge in [-0.3, -0.25) is 4.79 Å². The molecule has 0 bridgehead atoms. The third kappa shape index (κ3) is 2.76. The van der Waals surface area contributed by atoms with Gasteiger partial charge < -0.3 is 10.2 Å². The van der Waals surface area contributed by atoms with E-state index >= 15 is 0 Å². The van der Waals surface area contributed by atoms with Gasteiger partial charge in [-0.1, -0.05) is 13.8 Å². The summed E-state index contributed by atoms with van der Waals surface area (Å²) in [6.45, 7) is 12.1.